The first-order chi connectivity index (χ1) is 9.61. The van der Waals surface area contributed by atoms with Crippen LogP contribution >= 0.6 is 0 Å². The Hall–Kier alpha value is -2.23. The van der Waals surface area contributed by atoms with Gasteiger partial charge in [-0.2, -0.15) is 0 Å². The minimum atomic E-state index is -0.0734. The summed E-state index contributed by atoms with van der Waals surface area (Å²) in [4.78, 5) is 14.0. The number of ether oxygens (including phenoxy) is 1. The molecule has 0 aliphatic heterocycles. The summed E-state index contributed by atoms with van der Waals surface area (Å²) < 4.78 is 10.4. The normalized spacial score (nSPS) is 11.9. The number of benzene rings is 1. The zero-order valence-corrected chi connectivity index (χ0v) is 12.0. The molecule has 2 aromatic rings. The van der Waals surface area contributed by atoms with Gasteiger partial charge in [0.2, 0.25) is 5.91 Å². The molecule has 20 heavy (non-hydrogen) atoms. The maximum Gasteiger partial charge on any atom is 0.227 e. The number of methoxy groups -OCH3 is 1. The van der Waals surface area contributed by atoms with Gasteiger partial charge in [0.15, 0.2) is 0 Å². The van der Waals surface area contributed by atoms with Gasteiger partial charge in [-0.15, -0.1) is 0 Å². The predicted octanol–water partition coefficient (Wildman–Crippen LogP) is 3.05. The molecule has 0 N–H and O–H groups in total. The topological polar surface area (TPSA) is 42.7 Å². The van der Waals surface area contributed by atoms with Crippen LogP contribution in [0.4, 0.5) is 0 Å². The van der Waals surface area contributed by atoms with Gasteiger partial charge in [0.1, 0.15) is 11.5 Å². The molecule has 2 rings (SSSR count). The van der Waals surface area contributed by atoms with Crippen LogP contribution in [0.2, 0.25) is 0 Å². The first kappa shape index (κ1) is 14.2. The Morgan fingerprint density at radius 2 is 2.00 bits per heavy atom. The number of amides is 1. The maximum absolute atomic E-state index is 12.3. The van der Waals surface area contributed by atoms with Crippen molar-refractivity contribution < 1.29 is 13.9 Å². The van der Waals surface area contributed by atoms with E-state index in [1.807, 2.05) is 43.3 Å². The summed E-state index contributed by atoms with van der Waals surface area (Å²) in [5.74, 6) is 1.63. The third kappa shape index (κ3) is 3.20. The van der Waals surface area contributed by atoms with Crippen LogP contribution in [0.15, 0.2) is 47.1 Å². The van der Waals surface area contributed by atoms with Crippen molar-refractivity contribution in [1.29, 1.82) is 0 Å². The molecule has 0 bridgehead atoms. The second kappa shape index (κ2) is 6.28. The van der Waals surface area contributed by atoms with Crippen LogP contribution in [0.1, 0.15) is 24.3 Å². The number of nitrogens with zero attached hydrogens (tertiary/aromatic N) is 1. The fourth-order valence-electron chi connectivity index (χ4n) is 1.98. The van der Waals surface area contributed by atoms with Crippen LogP contribution in [0.5, 0.6) is 5.75 Å². The zero-order chi connectivity index (χ0) is 14.5. The summed E-state index contributed by atoms with van der Waals surface area (Å²) in [5, 5.41) is 0. The van der Waals surface area contributed by atoms with Crippen LogP contribution in [0.3, 0.4) is 0 Å². The molecule has 0 spiro atoms. The highest BCUT2D eigenvalue weighted by Crippen LogP contribution is 2.20. The summed E-state index contributed by atoms with van der Waals surface area (Å²) >= 11 is 0. The Balaban J connectivity index is 2.00. The molecule has 0 saturated heterocycles. The fourth-order valence-corrected chi connectivity index (χ4v) is 1.98. The van der Waals surface area contributed by atoms with Crippen molar-refractivity contribution in [2.24, 2.45) is 0 Å². The Morgan fingerprint density at radius 3 is 2.55 bits per heavy atom. The van der Waals surface area contributed by atoms with Gasteiger partial charge < -0.3 is 14.1 Å². The van der Waals surface area contributed by atoms with Gasteiger partial charge in [-0.05, 0) is 36.8 Å². The molecular formula is C16H19NO3. The summed E-state index contributed by atoms with van der Waals surface area (Å²) in [5.41, 5.74) is 0.967. The van der Waals surface area contributed by atoms with E-state index in [0.29, 0.717) is 6.42 Å². The van der Waals surface area contributed by atoms with E-state index in [1.165, 1.54) is 0 Å². The molecule has 4 heteroatoms. The molecule has 0 saturated carbocycles. The van der Waals surface area contributed by atoms with Gasteiger partial charge in [-0.25, -0.2) is 0 Å². The lowest BCUT2D eigenvalue weighted by molar-refractivity contribution is -0.131. The average molecular weight is 273 g/mol. The third-order valence-corrected chi connectivity index (χ3v) is 3.44. The molecule has 1 amide bonds. The van der Waals surface area contributed by atoms with Crippen molar-refractivity contribution >= 4 is 5.91 Å². The highest BCUT2D eigenvalue weighted by atomic mass is 16.5. The number of furan rings is 1. The largest absolute Gasteiger partial charge is 0.497 e. The van der Waals surface area contributed by atoms with Gasteiger partial charge in [0.25, 0.3) is 0 Å². The lowest BCUT2D eigenvalue weighted by atomic mass is 10.1. The number of hydrogen-bond acceptors (Lipinski definition) is 3. The van der Waals surface area contributed by atoms with E-state index in [9.17, 15) is 4.79 Å². The highest BCUT2D eigenvalue weighted by molar-refractivity contribution is 5.78. The van der Waals surface area contributed by atoms with Crippen molar-refractivity contribution in [1.82, 2.24) is 4.90 Å². The van der Waals surface area contributed by atoms with Crippen molar-refractivity contribution in [2.45, 2.75) is 19.4 Å². The molecule has 4 nitrogen and oxygen atoms in total. The molecule has 0 aliphatic carbocycles. The smallest absolute Gasteiger partial charge is 0.227 e. The second-order valence-corrected chi connectivity index (χ2v) is 4.72. The Bertz CT molecular complexity index is 546. The van der Waals surface area contributed by atoms with E-state index >= 15 is 0 Å². The third-order valence-electron chi connectivity index (χ3n) is 3.44. The molecular weight excluding hydrogens is 254 g/mol. The lowest BCUT2D eigenvalue weighted by Gasteiger charge is -2.23. The fraction of sp³-hybridized carbons (Fsp3) is 0.312. The second-order valence-electron chi connectivity index (χ2n) is 4.72. The molecule has 1 heterocycles. The van der Waals surface area contributed by atoms with Gasteiger partial charge >= 0.3 is 0 Å². The zero-order valence-electron chi connectivity index (χ0n) is 12.0. The summed E-state index contributed by atoms with van der Waals surface area (Å²) in [6, 6.07) is 11.2. The van der Waals surface area contributed by atoms with Gasteiger partial charge in [-0.3, -0.25) is 4.79 Å². The van der Waals surface area contributed by atoms with Gasteiger partial charge in [0.05, 0.1) is 25.8 Å². The number of carbonyl (C=O) groups excluding carboxylic acids is 1. The van der Waals surface area contributed by atoms with E-state index in [2.05, 4.69) is 0 Å². The highest BCUT2D eigenvalue weighted by Gasteiger charge is 2.19. The minimum absolute atomic E-state index is 0.0547. The van der Waals surface area contributed by atoms with Gasteiger partial charge in [-0.1, -0.05) is 12.1 Å². The molecule has 106 valence electrons. The maximum atomic E-state index is 12.3. The predicted molar refractivity (Wildman–Crippen MR) is 76.6 cm³/mol. The van der Waals surface area contributed by atoms with Crippen LogP contribution in [0.25, 0.3) is 0 Å². The standard InChI is InChI=1S/C16H19NO3/c1-12(15-5-4-10-20-15)17(2)16(18)11-13-6-8-14(19-3)9-7-13/h4-10,12H,11H2,1-3H3. The van der Waals surface area contributed by atoms with Crippen LogP contribution in [0, 0.1) is 0 Å². The van der Waals surface area contributed by atoms with Crippen LogP contribution in [-0.4, -0.2) is 25.0 Å². The van der Waals surface area contributed by atoms with Crippen molar-refractivity contribution in [2.75, 3.05) is 14.2 Å². The SMILES string of the molecule is COc1ccc(CC(=O)N(C)C(C)c2ccco2)cc1. The lowest BCUT2D eigenvalue weighted by Crippen LogP contribution is -2.30. The first-order valence-corrected chi connectivity index (χ1v) is 6.54. The quantitative estimate of drug-likeness (QED) is 0.841. The van der Waals surface area contributed by atoms with Crippen molar-refractivity contribution in [3.05, 3.63) is 54.0 Å². The van der Waals surface area contributed by atoms with Crippen molar-refractivity contribution in [3.63, 3.8) is 0 Å². The minimum Gasteiger partial charge on any atom is -0.497 e. The Morgan fingerprint density at radius 1 is 1.30 bits per heavy atom. The molecule has 1 unspecified atom stereocenters. The van der Waals surface area contributed by atoms with Gasteiger partial charge in [0, 0.05) is 7.05 Å². The average Bonchev–Trinajstić information content (AvgIpc) is 3.00. The number of carbonyl (C=O) groups is 1. The molecule has 1 aromatic carbocycles. The Kier molecular flexibility index (Phi) is 4.45. The van der Waals surface area contributed by atoms with E-state index in [1.54, 1.807) is 25.3 Å². The molecule has 1 atom stereocenters. The van der Waals surface area contributed by atoms with Crippen molar-refractivity contribution in [3.8, 4) is 5.75 Å². The van der Waals surface area contributed by atoms with Crippen LogP contribution < -0.4 is 4.74 Å². The van der Waals surface area contributed by atoms with E-state index in [4.69, 9.17) is 9.15 Å². The number of likely N-dealkylation sites (N-methyl/N-ethyl adjacent to an activating group) is 1. The summed E-state index contributed by atoms with van der Waals surface area (Å²) in [7, 11) is 3.41. The van der Waals surface area contributed by atoms with E-state index < -0.39 is 0 Å². The van der Waals surface area contributed by atoms with Crippen LogP contribution in [-0.2, 0) is 11.2 Å². The first-order valence-electron chi connectivity index (χ1n) is 6.54. The summed E-state index contributed by atoms with van der Waals surface area (Å²) in [6.07, 6.45) is 1.99. The molecule has 0 radical (unpaired) electrons. The monoisotopic (exact) mass is 273 g/mol. The summed E-state index contributed by atoms with van der Waals surface area (Å²) in [6.45, 7) is 1.95. The van der Waals surface area contributed by atoms with E-state index in [-0.39, 0.29) is 11.9 Å². The molecule has 0 aliphatic rings. The molecule has 1 aromatic heterocycles. The number of rotatable bonds is 5. The Labute approximate surface area is 119 Å². The molecule has 0 fully saturated rings. The number of hydrogen-bond donors (Lipinski definition) is 0. The van der Waals surface area contributed by atoms with E-state index in [0.717, 1.165) is 17.1 Å².